The van der Waals surface area contributed by atoms with E-state index < -0.39 is 23.5 Å². The van der Waals surface area contributed by atoms with Crippen LogP contribution in [-0.4, -0.2) is 56.6 Å². The molecule has 2 amide bonds. The lowest BCUT2D eigenvalue weighted by atomic mass is 9.74. The van der Waals surface area contributed by atoms with Gasteiger partial charge in [-0.15, -0.1) is 10.2 Å². The first-order chi connectivity index (χ1) is 13.3. The Morgan fingerprint density at radius 2 is 1.75 bits per heavy atom. The fraction of sp³-hybridized carbons (Fsp3) is 0.444. The zero-order valence-corrected chi connectivity index (χ0v) is 15.6. The van der Waals surface area contributed by atoms with Crippen molar-refractivity contribution in [2.45, 2.75) is 37.5 Å². The zero-order chi connectivity index (χ0) is 19.9. The summed E-state index contributed by atoms with van der Waals surface area (Å²) in [5.74, 6) is -2.01. The number of hydrogen-bond acceptors (Lipinski definition) is 5. The first kappa shape index (κ1) is 18.9. The molecule has 2 heterocycles. The van der Waals surface area contributed by atoms with E-state index in [0.29, 0.717) is 16.4 Å². The second kappa shape index (κ2) is 6.84. The Bertz CT molecular complexity index is 896. The van der Waals surface area contributed by atoms with E-state index in [4.69, 9.17) is 0 Å². The third-order valence-corrected chi connectivity index (χ3v) is 6.30. The van der Waals surface area contributed by atoms with Crippen LogP contribution in [0.1, 0.15) is 24.3 Å². The molecular weight excluding hydrogens is 393 g/mol. The topological polar surface area (TPSA) is 66.4 Å². The van der Waals surface area contributed by atoms with Gasteiger partial charge in [0, 0.05) is 18.7 Å². The van der Waals surface area contributed by atoms with E-state index in [1.807, 2.05) is 30.3 Å². The van der Waals surface area contributed by atoms with Gasteiger partial charge in [-0.2, -0.15) is 13.2 Å². The highest BCUT2D eigenvalue weighted by molar-refractivity contribution is 7.14. The highest BCUT2D eigenvalue weighted by Gasteiger charge is 2.64. The highest BCUT2D eigenvalue weighted by Crippen LogP contribution is 2.50. The highest BCUT2D eigenvalue weighted by atomic mass is 32.1. The predicted molar refractivity (Wildman–Crippen MR) is 95.1 cm³/mol. The van der Waals surface area contributed by atoms with Crippen LogP contribution < -0.4 is 0 Å². The smallest absolute Gasteiger partial charge is 0.326 e. The predicted octanol–water partition coefficient (Wildman–Crippen LogP) is 2.86. The van der Waals surface area contributed by atoms with Gasteiger partial charge in [0.1, 0.15) is 15.6 Å². The van der Waals surface area contributed by atoms with Crippen LogP contribution in [0.2, 0.25) is 0 Å². The average Bonchev–Trinajstić information content (AvgIpc) is 3.08. The Morgan fingerprint density at radius 3 is 2.36 bits per heavy atom. The SMILES string of the molecule is O=C1C(=O)N(C2(C(F)(F)F)CCC2)CCN1Cc1nnc(-c2ccccc2)s1. The molecule has 1 aromatic heterocycles. The summed E-state index contributed by atoms with van der Waals surface area (Å²) in [5.41, 5.74) is -1.30. The van der Waals surface area contributed by atoms with E-state index in [1.54, 1.807) is 0 Å². The fourth-order valence-corrected chi connectivity index (χ4v) is 4.49. The van der Waals surface area contributed by atoms with Crippen molar-refractivity contribution in [3.8, 4) is 10.6 Å². The van der Waals surface area contributed by atoms with Crippen molar-refractivity contribution in [2.24, 2.45) is 0 Å². The minimum Gasteiger partial charge on any atom is -0.326 e. The molecule has 2 aliphatic rings. The first-order valence-corrected chi connectivity index (χ1v) is 9.69. The number of hydrogen-bond donors (Lipinski definition) is 0. The molecular formula is C18H17F3N4O2S. The Balaban J connectivity index is 1.47. The summed E-state index contributed by atoms with van der Waals surface area (Å²) in [6, 6.07) is 9.38. The third-order valence-electron chi connectivity index (χ3n) is 5.35. The molecule has 2 fully saturated rings. The Hall–Kier alpha value is -2.49. The van der Waals surface area contributed by atoms with Gasteiger partial charge in [0.25, 0.3) is 0 Å². The van der Waals surface area contributed by atoms with E-state index >= 15 is 0 Å². The normalized spacial score (nSPS) is 19.7. The number of benzene rings is 1. The van der Waals surface area contributed by atoms with E-state index in [9.17, 15) is 22.8 Å². The van der Waals surface area contributed by atoms with Gasteiger partial charge in [0.2, 0.25) is 0 Å². The maximum absolute atomic E-state index is 13.5. The number of piperazine rings is 1. The summed E-state index contributed by atoms with van der Waals surface area (Å²) in [6.45, 7) is -0.0288. The fourth-order valence-electron chi connectivity index (χ4n) is 3.63. The van der Waals surface area contributed by atoms with Crippen molar-refractivity contribution in [3.05, 3.63) is 35.3 Å². The quantitative estimate of drug-likeness (QED) is 0.727. The van der Waals surface area contributed by atoms with Gasteiger partial charge in [-0.25, -0.2) is 0 Å². The third kappa shape index (κ3) is 3.05. The van der Waals surface area contributed by atoms with Crippen LogP contribution in [0.25, 0.3) is 10.6 Å². The molecule has 0 N–H and O–H groups in total. The molecule has 0 radical (unpaired) electrons. The Labute approximate surface area is 163 Å². The van der Waals surface area contributed by atoms with E-state index in [0.717, 1.165) is 10.5 Å². The summed E-state index contributed by atoms with van der Waals surface area (Å²) < 4.78 is 40.5. The summed E-state index contributed by atoms with van der Waals surface area (Å²) in [4.78, 5) is 26.9. The van der Waals surface area contributed by atoms with Crippen LogP contribution in [0.5, 0.6) is 0 Å². The lowest BCUT2D eigenvalue weighted by Gasteiger charge is -2.52. The number of alkyl halides is 3. The molecule has 1 saturated heterocycles. The molecule has 1 aliphatic carbocycles. The minimum atomic E-state index is -4.53. The van der Waals surface area contributed by atoms with Crippen LogP contribution in [0.3, 0.4) is 0 Å². The van der Waals surface area contributed by atoms with E-state index in [2.05, 4.69) is 10.2 Å². The molecule has 1 aromatic carbocycles. The molecule has 6 nitrogen and oxygen atoms in total. The largest absolute Gasteiger partial charge is 0.411 e. The maximum atomic E-state index is 13.5. The van der Waals surface area contributed by atoms with Crippen molar-refractivity contribution in [1.82, 2.24) is 20.0 Å². The van der Waals surface area contributed by atoms with Gasteiger partial charge in [-0.05, 0) is 19.3 Å². The van der Waals surface area contributed by atoms with Gasteiger partial charge in [-0.1, -0.05) is 41.7 Å². The standard InChI is InChI=1S/C18H17F3N4O2S/c19-18(20,21)17(7-4-8-17)25-10-9-24(15(26)16(25)27)11-13-22-23-14(28-13)12-5-2-1-3-6-12/h1-3,5-6H,4,7-11H2. The second-order valence-corrected chi connectivity index (χ2v) is 8.00. The van der Waals surface area contributed by atoms with Crippen LogP contribution in [0, 0.1) is 0 Å². The van der Waals surface area contributed by atoms with Crippen LogP contribution in [0.4, 0.5) is 13.2 Å². The molecule has 28 heavy (non-hydrogen) atoms. The second-order valence-electron chi connectivity index (χ2n) is 6.93. The van der Waals surface area contributed by atoms with E-state index in [-0.39, 0.29) is 32.5 Å². The Kier molecular flexibility index (Phi) is 4.60. The van der Waals surface area contributed by atoms with Gasteiger partial charge in [-0.3, -0.25) is 9.59 Å². The maximum Gasteiger partial charge on any atom is 0.411 e. The van der Waals surface area contributed by atoms with Gasteiger partial charge in [0.05, 0.1) is 6.54 Å². The molecule has 0 spiro atoms. The minimum absolute atomic E-state index is 0.0443. The number of rotatable bonds is 4. The van der Waals surface area contributed by atoms with Crippen LogP contribution in [-0.2, 0) is 16.1 Å². The van der Waals surface area contributed by atoms with Crippen molar-refractivity contribution in [1.29, 1.82) is 0 Å². The summed E-state index contributed by atoms with van der Waals surface area (Å²) in [7, 11) is 0. The first-order valence-electron chi connectivity index (χ1n) is 8.87. The number of aromatic nitrogens is 2. The monoisotopic (exact) mass is 410 g/mol. The number of halogens is 3. The molecule has 1 aliphatic heterocycles. The lowest BCUT2D eigenvalue weighted by Crippen LogP contribution is -2.69. The zero-order valence-electron chi connectivity index (χ0n) is 14.8. The number of carbonyl (C=O) groups is 2. The number of nitrogens with zero attached hydrogens (tertiary/aromatic N) is 4. The van der Waals surface area contributed by atoms with Crippen molar-refractivity contribution >= 4 is 23.2 Å². The lowest BCUT2D eigenvalue weighted by molar-refractivity contribution is -0.257. The number of carbonyl (C=O) groups excluding carboxylic acids is 2. The van der Waals surface area contributed by atoms with Crippen LogP contribution >= 0.6 is 11.3 Å². The average molecular weight is 410 g/mol. The molecule has 4 rings (SSSR count). The molecule has 148 valence electrons. The summed E-state index contributed by atoms with van der Waals surface area (Å²) in [5, 5.41) is 9.35. The molecule has 1 saturated carbocycles. The Morgan fingerprint density at radius 1 is 1.04 bits per heavy atom. The number of amides is 2. The summed E-state index contributed by atoms with van der Waals surface area (Å²) >= 11 is 1.29. The van der Waals surface area contributed by atoms with Gasteiger partial charge >= 0.3 is 18.0 Å². The van der Waals surface area contributed by atoms with Gasteiger partial charge < -0.3 is 9.80 Å². The molecule has 2 aromatic rings. The van der Waals surface area contributed by atoms with E-state index in [1.165, 1.54) is 16.2 Å². The van der Waals surface area contributed by atoms with Crippen molar-refractivity contribution < 1.29 is 22.8 Å². The van der Waals surface area contributed by atoms with Crippen molar-refractivity contribution in [2.75, 3.05) is 13.1 Å². The molecule has 0 atom stereocenters. The molecule has 0 bridgehead atoms. The van der Waals surface area contributed by atoms with Crippen LogP contribution in [0.15, 0.2) is 30.3 Å². The molecule has 10 heteroatoms. The van der Waals surface area contributed by atoms with Gasteiger partial charge in [0.15, 0.2) is 0 Å². The molecule has 0 unspecified atom stereocenters. The van der Waals surface area contributed by atoms with Crippen molar-refractivity contribution in [3.63, 3.8) is 0 Å². The summed E-state index contributed by atoms with van der Waals surface area (Å²) in [6.07, 6.45) is -4.43.